The van der Waals surface area contributed by atoms with E-state index in [2.05, 4.69) is 0 Å². The summed E-state index contributed by atoms with van der Waals surface area (Å²) in [5, 5.41) is 1.11. The molecule has 5 nitrogen and oxygen atoms in total. The highest BCUT2D eigenvalue weighted by Crippen LogP contribution is 2.32. The van der Waals surface area contributed by atoms with E-state index in [4.69, 9.17) is 4.42 Å². The van der Waals surface area contributed by atoms with Crippen molar-refractivity contribution in [1.29, 1.82) is 0 Å². The summed E-state index contributed by atoms with van der Waals surface area (Å²) in [5.74, 6) is 0.0331. The maximum Gasteiger partial charge on any atom is 0.345 e. The van der Waals surface area contributed by atoms with Crippen molar-refractivity contribution in [1.82, 2.24) is 0 Å². The molecule has 0 saturated heterocycles. The van der Waals surface area contributed by atoms with Gasteiger partial charge in [0.25, 0.3) is 10.0 Å². The zero-order valence-electron chi connectivity index (χ0n) is 17.6. The average Bonchev–Trinajstić information content (AvgIpc) is 2.75. The number of aryl methyl sites for hydroxylation is 3. The van der Waals surface area contributed by atoms with Crippen LogP contribution in [0, 0.1) is 20.8 Å². The van der Waals surface area contributed by atoms with E-state index in [-0.39, 0.29) is 17.3 Å². The topological polar surface area (TPSA) is 67.6 Å². The normalized spacial score (nSPS) is 11.6. The van der Waals surface area contributed by atoms with E-state index < -0.39 is 15.6 Å². The Morgan fingerprint density at radius 2 is 1.45 bits per heavy atom. The first kappa shape index (κ1) is 20.9. The molecule has 3 aromatic carbocycles. The minimum Gasteiger partial charge on any atom is -0.405 e. The largest absolute Gasteiger partial charge is 0.405 e. The molecule has 31 heavy (non-hydrogen) atoms. The van der Waals surface area contributed by atoms with Crippen molar-refractivity contribution >= 4 is 26.7 Å². The number of hydrogen-bond donors (Lipinski definition) is 0. The number of benzene rings is 3. The van der Waals surface area contributed by atoms with Gasteiger partial charge in [-0.25, -0.2) is 17.5 Å². The van der Waals surface area contributed by atoms with E-state index in [1.807, 2.05) is 56.3 Å². The van der Waals surface area contributed by atoms with E-state index in [9.17, 15) is 13.2 Å². The van der Waals surface area contributed by atoms with Gasteiger partial charge in [0.15, 0.2) is 0 Å². The second kappa shape index (κ2) is 8.04. The van der Waals surface area contributed by atoms with Crippen LogP contribution >= 0.6 is 0 Å². The summed E-state index contributed by atoms with van der Waals surface area (Å²) in [6.45, 7) is 5.61. The van der Waals surface area contributed by atoms with E-state index in [1.54, 1.807) is 37.3 Å². The molecular formula is C25H23NO4S. The van der Waals surface area contributed by atoms with Gasteiger partial charge in [-0.2, -0.15) is 0 Å². The van der Waals surface area contributed by atoms with Gasteiger partial charge >= 0.3 is 5.63 Å². The Morgan fingerprint density at radius 3 is 2.13 bits per heavy atom. The third-order valence-corrected chi connectivity index (χ3v) is 7.06. The zero-order chi connectivity index (χ0) is 22.2. The number of fused-ring (bicyclic) bond motifs is 1. The lowest BCUT2D eigenvalue weighted by atomic mass is 10.1. The van der Waals surface area contributed by atoms with Crippen molar-refractivity contribution in [3.63, 3.8) is 0 Å². The smallest absolute Gasteiger partial charge is 0.345 e. The summed E-state index contributed by atoms with van der Waals surface area (Å²) in [4.78, 5) is 12.9. The van der Waals surface area contributed by atoms with Crippen molar-refractivity contribution in [2.24, 2.45) is 0 Å². The molecule has 0 atom stereocenters. The Balaban J connectivity index is 1.95. The highest BCUT2D eigenvalue weighted by molar-refractivity contribution is 7.92. The molecule has 0 aliphatic heterocycles. The van der Waals surface area contributed by atoms with Crippen LogP contribution in [0.3, 0.4) is 0 Å². The molecule has 0 bridgehead atoms. The van der Waals surface area contributed by atoms with Crippen LogP contribution in [0.1, 0.15) is 22.3 Å². The highest BCUT2D eigenvalue weighted by Gasteiger charge is 2.29. The molecule has 0 spiro atoms. The maximum absolute atomic E-state index is 13.7. The standard InChI is InChI=1S/C25H23NO4S/c1-17-9-12-21(13-10-17)31(28,29)26(16-20-7-5-4-6-8-20)24-19(3)22-14-11-18(2)15-23(22)25(27)30-24/h4-15H,16H2,1-3H3. The first-order valence-corrected chi connectivity index (χ1v) is 11.4. The van der Waals surface area contributed by atoms with Crippen LogP contribution in [-0.4, -0.2) is 8.42 Å². The minimum absolute atomic E-state index is 0.0331. The molecule has 0 fully saturated rings. The summed E-state index contributed by atoms with van der Waals surface area (Å²) in [5.41, 5.74) is 2.71. The molecular weight excluding hydrogens is 410 g/mol. The van der Waals surface area contributed by atoms with Gasteiger partial charge in [0.2, 0.25) is 5.88 Å². The molecule has 158 valence electrons. The molecule has 0 saturated carbocycles. The molecule has 1 aromatic heterocycles. The van der Waals surface area contributed by atoms with Gasteiger partial charge in [0, 0.05) is 5.56 Å². The third-order valence-electron chi connectivity index (χ3n) is 5.31. The molecule has 0 aliphatic rings. The van der Waals surface area contributed by atoms with Gasteiger partial charge in [-0.05, 0) is 49.9 Å². The molecule has 0 aliphatic carbocycles. The Bertz CT molecular complexity index is 1410. The van der Waals surface area contributed by atoms with Crippen LogP contribution in [0.15, 0.2) is 86.9 Å². The number of anilines is 1. The molecule has 0 radical (unpaired) electrons. The first-order valence-electron chi connectivity index (χ1n) is 9.95. The van der Waals surface area contributed by atoms with E-state index in [1.165, 1.54) is 4.31 Å². The number of hydrogen-bond acceptors (Lipinski definition) is 4. The van der Waals surface area contributed by atoms with Crippen LogP contribution in [0.4, 0.5) is 5.88 Å². The Hall–Kier alpha value is -3.38. The fourth-order valence-electron chi connectivity index (χ4n) is 3.58. The van der Waals surface area contributed by atoms with Crippen LogP contribution in [-0.2, 0) is 16.6 Å². The van der Waals surface area contributed by atoms with Gasteiger partial charge in [-0.1, -0.05) is 65.7 Å². The second-order valence-corrected chi connectivity index (χ2v) is 9.54. The van der Waals surface area contributed by atoms with Gasteiger partial charge in [-0.15, -0.1) is 0 Å². The third kappa shape index (κ3) is 3.99. The lowest BCUT2D eigenvalue weighted by Gasteiger charge is -2.25. The molecule has 0 amide bonds. The van der Waals surface area contributed by atoms with Gasteiger partial charge in [-0.3, -0.25) is 0 Å². The van der Waals surface area contributed by atoms with Gasteiger partial charge in [0.1, 0.15) is 0 Å². The fraction of sp³-hybridized carbons (Fsp3) is 0.160. The van der Waals surface area contributed by atoms with Crippen molar-refractivity contribution < 1.29 is 12.8 Å². The predicted molar refractivity (Wildman–Crippen MR) is 123 cm³/mol. The van der Waals surface area contributed by atoms with E-state index in [0.29, 0.717) is 16.3 Å². The molecule has 6 heteroatoms. The maximum atomic E-state index is 13.7. The molecule has 4 rings (SSSR count). The Kier molecular flexibility index (Phi) is 5.41. The van der Waals surface area contributed by atoms with Crippen LogP contribution in [0.5, 0.6) is 0 Å². The molecule has 0 unspecified atom stereocenters. The van der Waals surface area contributed by atoms with Crippen molar-refractivity contribution in [2.45, 2.75) is 32.2 Å². The van der Waals surface area contributed by atoms with Crippen molar-refractivity contribution in [2.75, 3.05) is 4.31 Å². The van der Waals surface area contributed by atoms with Gasteiger partial charge in [0.05, 0.1) is 16.8 Å². The quantitative estimate of drug-likeness (QED) is 0.438. The van der Waals surface area contributed by atoms with Crippen molar-refractivity contribution in [3.8, 4) is 0 Å². The number of nitrogens with zero attached hydrogens (tertiary/aromatic N) is 1. The Labute approximate surface area is 181 Å². The zero-order valence-corrected chi connectivity index (χ0v) is 18.4. The first-order chi connectivity index (χ1) is 14.8. The van der Waals surface area contributed by atoms with Crippen LogP contribution in [0.25, 0.3) is 10.8 Å². The molecule has 1 heterocycles. The highest BCUT2D eigenvalue weighted by atomic mass is 32.2. The summed E-state index contributed by atoms with van der Waals surface area (Å²) >= 11 is 0. The number of sulfonamides is 1. The Morgan fingerprint density at radius 1 is 0.806 bits per heavy atom. The lowest BCUT2D eigenvalue weighted by molar-refractivity contribution is 0.511. The summed E-state index contributed by atoms with van der Waals surface area (Å²) < 4.78 is 34.1. The fourth-order valence-corrected chi connectivity index (χ4v) is 5.03. The lowest BCUT2D eigenvalue weighted by Crippen LogP contribution is -2.32. The van der Waals surface area contributed by atoms with Gasteiger partial charge < -0.3 is 4.42 Å². The summed E-state index contributed by atoms with van der Waals surface area (Å²) in [6, 6.07) is 21.4. The van der Waals surface area contributed by atoms with E-state index in [0.717, 1.165) is 16.7 Å². The van der Waals surface area contributed by atoms with Crippen LogP contribution in [0.2, 0.25) is 0 Å². The summed E-state index contributed by atoms with van der Waals surface area (Å²) in [7, 11) is -3.98. The number of rotatable bonds is 5. The summed E-state index contributed by atoms with van der Waals surface area (Å²) in [6.07, 6.45) is 0. The molecule has 4 aromatic rings. The predicted octanol–water partition coefficient (Wildman–Crippen LogP) is 5.11. The SMILES string of the molecule is Cc1ccc(S(=O)(=O)N(Cc2ccccc2)c2oc(=O)c3cc(C)ccc3c2C)cc1. The van der Waals surface area contributed by atoms with Crippen LogP contribution < -0.4 is 9.93 Å². The minimum atomic E-state index is -3.98. The monoisotopic (exact) mass is 433 g/mol. The molecule has 0 N–H and O–H groups in total. The second-order valence-electron chi connectivity index (χ2n) is 7.68. The van der Waals surface area contributed by atoms with Crippen molar-refractivity contribution in [3.05, 3.63) is 105 Å². The van der Waals surface area contributed by atoms with E-state index >= 15 is 0 Å². The average molecular weight is 434 g/mol.